The Hall–Kier alpha value is -2.64. The molecule has 3 aromatic rings. The maximum absolute atomic E-state index is 13.7. The van der Waals surface area contributed by atoms with Crippen LogP contribution in [-0.2, 0) is 48.2 Å². The number of ether oxygens (including phenoxy) is 2. The van der Waals surface area contributed by atoms with E-state index >= 15 is 0 Å². The second-order valence-electron chi connectivity index (χ2n) is 9.91. The third-order valence-electron chi connectivity index (χ3n) is 7.01. The summed E-state index contributed by atoms with van der Waals surface area (Å²) >= 11 is 0. The molecule has 12 heteroatoms. The van der Waals surface area contributed by atoms with Crippen molar-refractivity contribution < 1.29 is 30.7 Å². The van der Waals surface area contributed by atoms with Crippen molar-refractivity contribution in [3.05, 3.63) is 77.9 Å². The van der Waals surface area contributed by atoms with Gasteiger partial charge in [0.05, 0.1) is 47.8 Å². The summed E-state index contributed by atoms with van der Waals surface area (Å²) in [5.74, 6) is -0.818. The Morgan fingerprint density at radius 3 is 2.23 bits per heavy atom. The lowest BCUT2D eigenvalue weighted by atomic mass is 10.2. The van der Waals surface area contributed by atoms with Crippen molar-refractivity contribution in [1.82, 2.24) is 13.9 Å². The zero-order chi connectivity index (χ0) is 27.5. The molecule has 2 saturated heterocycles. The Balaban J connectivity index is 1.50. The smallest absolute Gasteiger partial charge is 0.243 e. The number of rotatable bonds is 11. The summed E-state index contributed by atoms with van der Waals surface area (Å²) in [6, 6.07) is 13.4. The number of benzene rings is 2. The van der Waals surface area contributed by atoms with Gasteiger partial charge in [-0.25, -0.2) is 26.2 Å². The Bertz CT molecular complexity index is 1470. The Labute approximate surface area is 228 Å². The van der Waals surface area contributed by atoms with Crippen LogP contribution < -0.4 is 0 Å². The van der Waals surface area contributed by atoms with Crippen LogP contribution in [0.1, 0.15) is 36.9 Å². The summed E-state index contributed by atoms with van der Waals surface area (Å²) < 4.78 is 82.3. The third-order valence-corrected chi connectivity index (χ3v) is 10.4. The summed E-state index contributed by atoms with van der Waals surface area (Å²) in [5.41, 5.74) is 0.872. The number of sulfone groups is 1. The highest BCUT2D eigenvalue weighted by Crippen LogP contribution is 2.26. The van der Waals surface area contributed by atoms with E-state index in [2.05, 4.69) is 4.98 Å². The molecule has 39 heavy (non-hydrogen) atoms. The van der Waals surface area contributed by atoms with Crippen LogP contribution in [0.5, 0.6) is 0 Å². The lowest BCUT2D eigenvalue weighted by Crippen LogP contribution is -2.37. The van der Waals surface area contributed by atoms with Gasteiger partial charge < -0.3 is 14.0 Å². The fourth-order valence-electron chi connectivity index (χ4n) is 5.00. The van der Waals surface area contributed by atoms with Gasteiger partial charge in [-0.05, 0) is 55.5 Å². The van der Waals surface area contributed by atoms with E-state index in [9.17, 15) is 21.2 Å². The fraction of sp³-hybridized carbons (Fsp3) is 0.444. The molecule has 0 unspecified atom stereocenters. The monoisotopic (exact) mass is 577 g/mol. The second-order valence-corrected chi connectivity index (χ2v) is 13.7. The third kappa shape index (κ3) is 6.58. The number of sulfonamides is 1. The van der Waals surface area contributed by atoms with Crippen LogP contribution in [0.3, 0.4) is 0 Å². The quantitative estimate of drug-likeness (QED) is 0.343. The van der Waals surface area contributed by atoms with Gasteiger partial charge >= 0.3 is 0 Å². The highest BCUT2D eigenvalue weighted by Gasteiger charge is 2.33. The van der Waals surface area contributed by atoms with Gasteiger partial charge in [0.15, 0.2) is 0 Å². The first-order valence-corrected chi connectivity index (χ1v) is 16.1. The largest absolute Gasteiger partial charge is 0.377 e. The molecule has 2 fully saturated rings. The molecule has 1 aromatic heterocycles. The molecular formula is C27H32FN3O6S2. The molecule has 0 bridgehead atoms. The molecule has 2 aliphatic rings. The second kappa shape index (κ2) is 11.8. The zero-order valence-corrected chi connectivity index (χ0v) is 23.1. The average Bonchev–Trinajstić information content (AvgIpc) is 3.70. The lowest BCUT2D eigenvalue weighted by Gasteiger charge is -2.26. The van der Waals surface area contributed by atoms with Crippen molar-refractivity contribution in [3.8, 4) is 0 Å². The van der Waals surface area contributed by atoms with Crippen LogP contribution in [0.15, 0.2) is 70.8 Å². The molecule has 2 atom stereocenters. The molecule has 3 heterocycles. The molecule has 0 aliphatic carbocycles. The first-order valence-electron chi connectivity index (χ1n) is 13.0. The van der Waals surface area contributed by atoms with Gasteiger partial charge in [0.2, 0.25) is 25.0 Å². The normalized spacial score (nSPS) is 20.2. The van der Waals surface area contributed by atoms with Gasteiger partial charge in [-0.1, -0.05) is 30.3 Å². The van der Waals surface area contributed by atoms with E-state index in [0.29, 0.717) is 24.5 Å². The summed E-state index contributed by atoms with van der Waals surface area (Å²) in [6.45, 7) is 1.45. The molecule has 0 N–H and O–H groups in total. The minimum atomic E-state index is -3.94. The van der Waals surface area contributed by atoms with E-state index in [1.807, 2.05) is 0 Å². The predicted molar refractivity (Wildman–Crippen MR) is 142 cm³/mol. The molecule has 0 saturated carbocycles. The molecule has 0 radical (unpaired) electrons. The first-order chi connectivity index (χ1) is 18.7. The number of hydrogen-bond donors (Lipinski definition) is 0. The van der Waals surface area contributed by atoms with Crippen molar-refractivity contribution in [3.63, 3.8) is 0 Å². The molecule has 0 amide bonds. The molecule has 210 valence electrons. The van der Waals surface area contributed by atoms with Crippen molar-refractivity contribution >= 4 is 19.9 Å². The van der Waals surface area contributed by atoms with E-state index in [4.69, 9.17) is 9.47 Å². The highest BCUT2D eigenvalue weighted by molar-refractivity contribution is 7.90. The molecular weight excluding hydrogens is 545 g/mol. The van der Waals surface area contributed by atoms with Crippen LogP contribution in [0.2, 0.25) is 0 Å². The number of nitrogens with zero attached hydrogens (tertiary/aromatic N) is 3. The van der Waals surface area contributed by atoms with Crippen LogP contribution in [0.25, 0.3) is 0 Å². The van der Waals surface area contributed by atoms with Crippen molar-refractivity contribution in [2.45, 2.75) is 66.8 Å². The molecule has 5 rings (SSSR count). The van der Waals surface area contributed by atoms with Gasteiger partial charge in [0.1, 0.15) is 5.82 Å². The highest BCUT2D eigenvalue weighted by atomic mass is 32.2. The zero-order valence-electron chi connectivity index (χ0n) is 21.5. The molecule has 0 spiro atoms. The van der Waals surface area contributed by atoms with E-state index in [1.54, 1.807) is 34.9 Å². The van der Waals surface area contributed by atoms with Crippen molar-refractivity contribution in [2.24, 2.45) is 0 Å². The molecule has 9 nitrogen and oxygen atoms in total. The van der Waals surface area contributed by atoms with Crippen molar-refractivity contribution in [2.75, 3.05) is 19.8 Å². The molecule has 2 aliphatic heterocycles. The number of imidazole rings is 1. The van der Waals surface area contributed by atoms with Gasteiger partial charge in [-0.3, -0.25) is 0 Å². The van der Waals surface area contributed by atoms with Gasteiger partial charge in [0.25, 0.3) is 0 Å². The fourth-order valence-corrected chi connectivity index (χ4v) is 7.97. The maximum Gasteiger partial charge on any atom is 0.243 e. The van der Waals surface area contributed by atoms with E-state index in [0.717, 1.165) is 25.7 Å². The Morgan fingerprint density at radius 2 is 1.59 bits per heavy atom. The standard InChI is InChI=1S/C27H32FN3O6S2/c28-22-12-10-21(11-13-22)20-38(32,33)27-29-16-23(31(27)19-25-7-5-15-37-25)17-30(18-24-6-4-14-36-24)39(34,35)26-8-2-1-3-9-26/h1-3,8-13,16,24-25H,4-7,14-15,17-20H2/t24-,25-/m1/s1. The average molecular weight is 578 g/mol. The molecule has 2 aromatic carbocycles. The Morgan fingerprint density at radius 1 is 0.923 bits per heavy atom. The minimum Gasteiger partial charge on any atom is -0.377 e. The van der Waals surface area contributed by atoms with E-state index in [1.165, 1.54) is 34.8 Å². The number of hydrogen-bond acceptors (Lipinski definition) is 7. The summed E-state index contributed by atoms with van der Waals surface area (Å²) in [7, 11) is -7.86. The number of aromatic nitrogens is 2. The van der Waals surface area contributed by atoms with Crippen molar-refractivity contribution in [1.29, 1.82) is 0 Å². The Kier molecular flexibility index (Phi) is 8.48. The van der Waals surface area contributed by atoms with Gasteiger partial charge in [-0.15, -0.1) is 0 Å². The van der Waals surface area contributed by atoms with Crippen LogP contribution in [-0.4, -0.2) is 62.7 Å². The van der Waals surface area contributed by atoms with E-state index < -0.39 is 25.7 Å². The van der Waals surface area contributed by atoms with Crippen LogP contribution in [0.4, 0.5) is 4.39 Å². The number of halogens is 1. The van der Waals surface area contributed by atoms with Gasteiger partial charge in [-0.2, -0.15) is 4.31 Å². The topological polar surface area (TPSA) is 108 Å². The first kappa shape index (κ1) is 27.9. The van der Waals surface area contributed by atoms with Crippen LogP contribution in [0, 0.1) is 5.82 Å². The predicted octanol–water partition coefficient (Wildman–Crippen LogP) is 3.55. The minimum absolute atomic E-state index is 0.0805. The SMILES string of the molecule is O=S(=O)(Cc1ccc(F)cc1)c1ncc(CN(C[C@H]2CCCO2)S(=O)(=O)c2ccccc2)n1C[C@H]1CCCO1. The summed E-state index contributed by atoms with van der Waals surface area (Å²) in [5, 5.41) is -0.161. The summed E-state index contributed by atoms with van der Waals surface area (Å²) in [6.07, 6.45) is 4.18. The summed E-state index contributed by atoms with van der Waals surface area (Å²) in [4.78, 5) is 4.43. The van der Waals surface area contributed by atoms with E-state index in [-0.39, 0.29) is 47.6 Å². The van der Waals surface area contributed by atoms with Crippen LogP contribution >= 0.6 is 0 Å². The maximum atomic E-state index is 13.7. The van der Waals surface area contributed by atoms with Gasteiger partial charge in [0, 0.05) is 19.8 Å². The lowest BCUT2D eigenvalue weighted by molar-refractivity contribution is 0.0884.